The largest absolute Gasteiger partial charge is 0.444 e. The Morgan fingerprint density at radius 2 is 1.73 bits per heavy atom. The average Bonchev–Trinajstić information content (AvgIpc) is 2.72. The third-order valence-corrected chi connectivity index (χ3v) is 4.45. The molecule has 0 bridgehead atoms. The minimum atomic E-state index is -0.979. The number of ether oxygens (including phenoxy) is 1. The summed E-state index contributed by atoms with van der Waals surface area (Å²) < 4.78 is 5.60. The number of hydrogen-bond acceptors (Lipinski definition) is 4. The lowest BCUT2D eigenvalue weighted by Gasteiger charge is -2.30. The third kappa shape index (κ3) is 4.09. The quantitative estimate of drug-likeness (QED) is 0.793. The molecule has 0 aliphatic carbocycles. The van der Waals surface area contributed by atoms with Crippen LogP contribution in [-0.4, -0.2) is 29.9 Å². The fourth-order valence-electron chi connectivity index (χ4n) is 3.06. The van der Waals surface area contributed by atoms with Crippen molar-refractivity contribution in [2.45, 2.75) is 25.4 Å². The normalized spacial score (nSPS) is 15.0. The first-order valence-corrected chi connectivity index (χ1v) is 8.74. The second kappa shape index (κ2) is 8.30. The smallest absolute Gasteiger partial charge is 0.339 e. The van der Waals surface area contributed by atoms with E-state index in [1.54, 1.807) is 35.2 Å². The second-order valence-electron chi connectivity index (χ2n) is 6.27. The van der Waals surface area contributed by atoms with E-state index < -0.39 is 12.1 Å². The summed E-state index contributed by atoms with van der Waals surface area (Å²) in [5.74, 6) is -0.804. The summed E-state index contributed by atoms with van der Waals surface area (Å²) in [7, 11) is 0. The molecule has 1 aliphatic rings. The van der Waals surface area contributed by atoms with Crippen LogP contribution in [0.1, 0.15) is 46.9 Å². The highest BCUT2D eigenvalue weighted by molar-refractivity contribution is 5.93. The van der Waals surface area contributed by atoms with Gasteiger partial charge >= 0.3 is 5.97 Å². The molecule has 1 saturated heterocycles. The molecule has 3 rings (SSSR count). The maximum Gasteiger partial charge on any atom is 0.339 e. The molecule has 0 radical (unpaired) electrons. The lowest BCUT2D eigenvalue weighted by Crippen LogP contribution is -2.40. The lowest BCUT2D eigenvalue weighted by molar-refractivity contribution is -0.142. The standard InChI is InChI=1S/C21H20N2O3/c22-15-16-8-7-11-18(14-16)21(25)26-19(17-9-3-1-4-10-17)20(24)23-12-5-2-6-13-23/h1,3-4,7-11,14,19H,2,5-6,12-13H2/t19-/m0/s1. The van der Waals surface area contributed by atoms with Crippen LogP contribution in [0.4, 0.5) is 0 Å². The van der Waals surface area contributed by atoms with Crippen LogP contribution < -0.4 is 0 Å². The summed E-state index contributed by atoms with van der Waals surface area (Å²) >= 11 is 0. The van der Waals surface area contributed by atoms with E-state index >= 15 is 0 Å². The van der Waals surface area contributed by atoms with Crippen molar-refractivity contribution in [1.82, 2.24) is 4.90 Å². The van der Waals surface area contributed by atoms with E-state index in [1.165, 1.54) is 6.07 Å². The predicted octanol–water partition coefficient (Wildman–Crippen LogP) is 3.47. The van der Waals surface area contributed by atoms with Gasteiger partial charge in [-0.15, -0.1) is 0 Å². The number of hydrogen-bond donors (Lipinski definition) is 0. The van der Waals surface area contributed by atoms with Gasteiger partial charge in [0.15, 0.2) is 0 Å². The molecule has 0 aromatic heterocycles. The fourth-order valence-corrected chi connectivity index (χ4v) is 3.06. The molecule has 1 fully saturated rings. The van der Waals surface area contributed by atoms with E-state index in [0.717, 1.165) is 19.3 Å². The average molecular weight is 348 g/mol. The molecule has 5 nitrogen and oxygen atoms in total. The van der Waals surface area contributed by atoms with E-state index in [2.05, 4.69) is 0 Å². The lowest BCUT2D eigenvalue weighted by atomic mass is 10.1. The Bertz CT molecular complexity index is 821. The van der Waals surface area contributed by atoms with Crippen LogP contribution in [0.15, 0.2) is 54.6 Å². The van der Waals surface area contributed by atoms with Gasteiger partial charge in [0.2, 0.25) is 6.10 Å². The number of nitriles is 1. The van der Waals surface area contributed by atoms with Crippen molar-refractivity contribution in [3.05, 3.63) is 71.3 Å². The topological polar surface area (TPSA) is 70.4 Å². The monoisotopic (exact) mass is 348 g/mol. The van der Waals surface area contributed by atoms with E-state index in [1.807, 2.05) is 24.3 Å². The first kappa shape index (κ1) is 17.7. The minimum absolute atomic E-state index is 0.194. The van der Waals surface area contributed by atoms with Crippen LogP contribution in [0.2, 0.25) is 0 Å². The fraction of sp³-hybridized carbons (Fsp3) is 0.286. The number of piperidine rings is 1. The van der Waals surface area contributed by atoms with Crippen molar-refractivity contribution in [1.29, 1.82) is 5.26 Å². The van der Waals surface area contributed by atoms with Crippen molar-refractivity contribution in [2.75, 3.05) is 13.1 Å². The summed E-state index contributed by atoms with van der Waals surface area (Å²) in [5.41, 5.74) is 1.28. The van der Waals surface area contributed by atoms with Gasteiger partial charge in [0.1, 0.15) is 0 Å². The molecule has 1 aliphatic heterocycles. The third-order valence-electron chi connectivity index (χ3n) is 4.45. The van der Waals surface area contributed by atoms with Crippen molar-refractivity contribution in [3.8, 4) is 6.07 Å². The zero-order valence-electron chi connectivity index (χ0n) is 14.4. The van der Waals surface area contributed by atoms with Crippen LogP contribution in [-0.2, 0) is 9.53 Å². The number of amides is 1. The summed E-state index contributed by atoms with van der Waals surface area (Å²) in [5, 5.41) is 9.00. The number of nitrogens with zero attached hydrogens (tertiary/aromatic N) is 2. The summed E-state index contributed by atoms with van der Waals surface area (Å²) in [6.07, 6.45) is 2.06. The highest BCUT2D eigenvalue weighted by Gasteiger charge is 2.30. The molecule has 1 heterocycles. The van der Waals surface area contributed by atoms with Gasteiger partial charge in [-0.05, 0) is 37.5 Å². The number of esters is 1. The summed E-state index contributed by atoms with van der Waals surface area (Å²) in [6.45, 7) is 1.37. The Balaban J connectivity index is 1.84. The molecular formula is C21H20N2O3. The highest BCUT2D eigenvalue weighted by atomic mass is 16.5. The van der Waals surface area contributed by atoms with Crippen LogP contribution in [0.25, 0.3) is 0 Å². The predicted molar refractivity (Wildman–Crippen MR) is 96.2 cm³/mol. The second-order valence-corrected chi connectivity index (χ2v) is 6.27. The van der Waals surface area contributed by atoms with Gasteiger partial charge in [-0.3, -0.25) is 4.79 Å². The van der Waals surface area contributed by atoms with Gasteiger partial charge in [-0.25, -0.2) is 4.79 Å². The van der Waals surface area contributed by atoms with Gasteiger partial charge in [0.05, 0.1) is 17.2 Å². The summed E-state index contributed by atoms with van der Waals surface area (Å²) in [4.78, 5) is 27.3. The highest BCUT2D eigenvalue weighted by Crippen LogP contribution is 2.24. The molecular weight excluding hydrogens is 328 g/mol. The van der Waals surface area contributed by atoms with Gasteiger partial charge in [-0.1, -0.05) is 36.4 Å². The van der Waals surface area contributed by atoms with Crippen molar-refractivity contribution >= 4 is 11.9 Å². The molecule has 26 heavy (non-hydrogen) atoms. The molecule has 132 valence electrons. The number of likely N-dealkylation sites (tertiary alicyclic amines) is 1. The summed E-state index contributed by atoms with van der Waals surface area (Å²) in [6, 6.07) is 17.3. The number of carbonyl (C=O) groups excluding carboxylic acids is 2. The minimum Gasteiger partial charge on any atom is -0.444 e. The molecule has 2 aromatic rings. The number of benzene rings is 2. The van der Waals surface area contributed by atoms with E-state index in [4.69, 9.17) is 10.00 Å². The molecule has 0 spiro atoms. The van der Waals surface area contributed by atoms with Crippen LogP contribution >= 0.6 is 0 Å². The van der Waals surface area contributed by atoms with Crippen LogP contribution in [0, 0.1) is 11.3 Å². The Morgan fingerprint density at radius 1 is 1.00 bits per heavy atom. The van der Waals surface area contributed by atoms with Gasteiger partial charge in [0, 0.05) is 18.7 Å². The molecule has 0 saturated carbocycles. The van der Waals surface area contributed by atoms with E-state index in [9.17, 15) is 9.59 Å². The first-order chi connectivity index (χ1) is 12.7. The van der Waals surface area contributed by atoms with Crippen molar-refractivity contribution < 1.29 is 14.3 Å². The van der Waals surface area contributed by atoms with Gasteiger partial charge < -0.3 is 9.64 Å². The molecule has 5 heteroatoms. The van der Waals surface area contributed by atoms with Gasteiger partial charge in [-0.2, -0.15) is 5.26 Å². The number of rotatable bonds is 4. The molecule has 1 atom stereocenters. The Morgan fingerprint density at radius 3 is 2.42 bits per heavy atom. The van der Waals surface area contributed by atoms with Crippen LogP contribution in [0.3, 0.4) is 0 Å². The molecule has 1 amide bonds. The zero-order chi connectivity index (χ0) is 18.4. The van der Waals surface area contributed by atoms with Crippen molar-refractivity contribution in [2.24, 2.45) is 0 Å². The number of carbonyl (C=O) groups is 2. The maximum atomic E-state index is 13.0. The van der Waals surface area contributed by atoms with E-state index in [-0.39, 0.29) is 11.5 Å². The van der Waals surface area contributed by atoms with Gasteiger partial charge in [0.25, 0.3) is 5.91 Å². The first-order valence-electron chi connectivity index (χ1n) is 8.74. The molecule has 2 aromatic carbocycles. The van der Waals surface area contributed by atoms with Crippen molar-refractivity contribution in [3.63, 3.8) is 0 Å². The molecule has 0 N–H and O–H groups in total. The molecule has 0 unspecified atom stereocenters. The zero-order valence-corrected chi connectivity index (χ0v) is 14.4. The maximum absolute atomic E-state index is 13.0. The van der Waals surface area contributed by atoms with E-state index in [0.29, 0.717) is 24.2 Å². The Kier molecular flexibility index (Phi) is 5.65. The SMILES string of the molecule is N#Cc1cccc(C(=O)O[C@H](C(=O)N2CCCCC2)c2ccccc2)c1. The Labute approximate surface area is 152 Å². The Hall–Kier alpha value is -3.13. The van der Waals surface area contributed by atoms with Crippen LogP contribution in [0.5, 0.6) is 0 Å².